The van der Waals surface area contributed by atoms with Gasteiger partial charge in [-0.15, -0.1) is 5.92 Å². The smallest absolute Gasteiger partial charge is 0.260 e. The highest BCUT2D eigenvalue weighted by molar-refractivity contribution is 5.83. The van der Waals surface area contributed by atoms with E-state index in [2.05, 4.69) is 11.8 Å². The van der Waals surface area contributed by atoms with Crippen molar-refractivity contribution >= 4 is 16.6 Å². The molecule has 0 aliphatic carbocycles. The van der Waals surface area contributed by atoms with E-state index in [-0.39, 0.29) is 5.56 Å². The number of nitrogens with zero attached hydrogens (tertiary/aromatic N) is 1. The van der Waals surface area contributed by atoms with Gasteiger partial charge in [-0.1, -0.05) is 24.1 Å². The van der Waals surface area contributed by atoms with Crippen LogP contribution in [0.15, 0.2) is 35.1 Å². The molecule has 2 aromatic rings. The molecule has 0 aliphatic heterocycles. The number of aromatic nitrogens is 1. The number of nitrogens with two attached hydrogens (primary N) is 1. The van der Waals surface area contributed by atoms with Crippen LogP contribution >= 0.6 is 0 Å². The predicted molar refractivity (Wildman–Crippen MR) is 66.1 cm³/mol. The zero-order valence-corrected chi connectivity index (χ0v) is 9.03. The quantitative estimate of drug-likeness (QED) is 0.730. The van der Waals surface area contributed by atoms with Gasteiger partial charge in [0.05, 0.1) is 6.54 Å². The first-order valence-corrected chi connectivity index (χ1v) is 5.01. The Hall–Kier alpha value is -2.21. The third-order valence-corrected chi connectivity index (χ3v) is 2.47. The molecule has 0 saturated carbocycles. The number of hydrogen-bond acceptors (Lipinski definition) is 2. The number of nitrogen functional groups attached to an aromatic ring is 1. The van der Waals surface area contributed by atoms with Crippen molar-refractivity contribution < 1.29 is 0 Å². The summed E-state index contributed by atoms with van der Waals surface area (Å²) in [6.45, 7) is 2.08. The third kappa shape index (κ3) is 1.66. The molecule has 1 aromatic heterocycles. The Kier molecular flexibility index (Phi) is 2.65. The van der Waals surface area contributed by atoms with Crippen molar-refractivity contribution in [2.24, 2.45) is 0 Å². The summed E-state index contributed by atoms with van der Waals surface area (Å²) in [6.07, 6.45) is 0. The van der Waals surface area contributed by atoms with Gasteiger partial charge in [-0.05, 0) is 24.4 Å². The standard InChI is InChI=1S/C13H12N2O/c1-2-3-8-15-12(14)9-10-6-4-5-7-11(10)13(15)16/h4-7,9H,8,14H2,1H3. The highest BCUT2D eigenvalue weighted by Gasteiger charge is 2.04. The summed E-state index contributed by atoms with van der Waals surface area (Å²) < 4.78 is 1.48. The van der Waals surface area contributed by atoms with Crippen LogP contribution in [0, 0.1) is 11.8 Å². The van der Waals surface area contributed by atoms with Gasteiger partial charge >= 0.3 is 0 Å². The molecular formula is C13H12N2O. The molecule has 1 heterocycles. The van der Waals surface area contributed by atoms with Crippen molar-refractivity contribution in [3.63, 3.8) is 0 Å². The SMILES string of the molecule is CC#CCn1c(N)cc2ccccc2c1=O. The second-order valence-electron chi connectivity index (χ2n) is 3.47. The molecular weight excluding hydrogens is 200 g/mol. The van der Waals surface area contributed by atoms with E-state index in [4.69, 9.17) is 5.73 Å². The van der Waals surface area contributed by atoms with E-state index in [1.807, 2.05) is 18.2 Å². The Morgan fingerprint density at radius 1 is 1.38 bits per heavy atom. The Morgan fingerprint density at radius 3 is 2.88 bits per heavy atom. The number of rotatable bonds is 1. The molecule has 0 bridgehead atoms. The van der Waals surface area contributed by atoms with Gasteiger partial charge in [0.25, 0.3) is 5.56 Å². The highest BCUT2D eigenvalue weighted by atomic mass is 16.1. The molecule has 0 atom stereocenters. The van der Waals surface area contributed by atoms with Crippen molar-refractivity contribution in [3.05, 3.63) is 40.7 Å². The fraction of sp³-hybridized carbons (Fsp3) is 0.154. The Labute approximate surface area is 93.5 Å². The van der Waals surface area contributed by atoms with Gasteiger partial charge in [-0.3, -0.25) is 9.36 Å². The topological polar surface area (TPSA) is 48.0 Å². The molecule has 0 aliphatic rings. The lowest BCUT2D eigenvalue weighted by Crippen LogP contribution is -2.22. The molecule has 2 rings (SSSR count). The van der Waals surface area contributed by atoms with Crippen molar-refractivity contribution in [1.29, 1.82) is 0 Å². The molecule has 0 spiro atoms. The van der Waals surface area contributed by atoms with Gasteiger partial charge in [0.15, 0.2) is 0 Å². The molecule has 0 fully saturated rings. The number of pyridine rings is 1. The average Bonchev–Trinajstić information content (AvgIpc) is 2.29. The van der Waals surface area contributed by atoms with E-state index in [1.165, 1.54) is 4.57 Å². The Morgan fingerprint density at radius 2 is 2.12 bits per heavy atom. The van der Waals surface area contributed by atoms with Gasteiger partial charge in [0.1, 0.15) is 5.82 Å². The van der Waals surface area contributed by atoms with Crippen LogP contribution in [0.5, 0.6) is 0 Å². The number of hydrogen-bond donors (Lipinski definition) is 1. The maximum Gasteiger partial charge on any atom is 0.260 e. The van der Waals surface area contributed by atoms with Crippen LogP contribution < -0.4 is 11.3 Å². The van der Waals surface area contributed by atoms with Gasteiger partial charge in [-0.2, -0.15) is 0 Å². The molecule has 3 heteroatoms. The molecule has 0 radical (unpaired) electrons. The second-order valence-corrected chi connectivity index (χ2v) is 3.47. The lowest BCUT2D eigenvalue weighted by Gasteiger charge is -2.07. The summed E-state index contributed by atoms with van der Waals surface area (Å²) in [5.41, 5.74) is 5.74. The first kappa shape index (κ1) is 10.3. The van der Waals surface area contributed by atoms with Crippen molar-refractivity contribution in [2.45, 2.75) is 13.5 Å². The van der Waals surface area contributed by atoms with Gasteiger partial charge in [0.2, 0.25) is 0 Å². The summed E-state index contributed by atoms with van der Waals surface area (Å²) in [4.78, 5) is 12.1. The lowest BCUT2D eigenvalue weighted by molar-refractivity contribution is 0.819. The van der Waals surface area contributed by atoms with Crippen molar-refractivity contribution in [2.75, 3.05) is 5.73 Å². The van der Waals surface area contributed by atoms with Crippen LogP contribution in [0.2, 0.25) is 0 Å². The van der Waals surface area contributed by atoms with Gasteiger partial charge in [0, 0.05) is 5.39 Å². The average molecular weight is 212 g/mol. The predicted octanol–water partition coefficient (Wildman–Crippen LogP) is 1.61. The van der Waals surface area contributed by atoms with E-state index < -0.39 is 0 Å². The number of fused-ring (bicyclic) bond motifs is 1. The summed E-state index contributed by atoms with van der Waals surface area (Å²) in [5.74, 6) is 6.05. The maximum absolute atomic E-state index is 12.1. The minimum atomic E-state index is -0.0849. The van der Waals surface area contributed by atoms with Crippen LogP contribution in [0.25, 0.3) is 10.8 Å². The van der Waals surface area contributed by atoms with E-state index in [0.29, 0.717) is 17.7 Å². The zero-order chi connectivity index (χ0) is 11.5. The zero-order valence-electron chi connectivity index (χ0n) is 9.03. The fourth-order valence-corrected chi connectivity index (χ4v) is 1.64. The van der Waals surface area contributed by atoms with E-state index in [1.54, 1.807) is 19.1 Å². The molecule has 3 nitrogen and oxygen atoms in total. The van der Waals surface area contributed by atoms with Crippen LogP contribution in [-0.4, -0.2) is 4.57 Å². The lowest BCUT2D eigenvalue weighted by atomic mass is 10.1. The molecule has 1 aromatic carbocycles. The minimum absolute atomic E-state index is 0.0849. The van der Waals surface area contributed by atoms with Crippen LogP contribution in [0.1, 0.15) is 6.92 Å². The Bertz CT molecular complexity index is 644. The second kappa shape index (κ2) is 4.11. The van der Waals surface area contributed by atoms with Crippen molar-refractivity contribution in [1.82, 2.24) is 4.57 Å². The van der Waals surface area contributed by atoms with Crippen LogP contribution in [0.3, 0.4) is 0 Å². The van der Waals surface area contributed by atoms with Crippen LogP contribution in [-0.2, 0) is 6.54 Å². The summed E-state index contributed by atoms with van der Waals surface area (Å²) in [5, 5.41) is 1.54. The monoisotopic (exact) mass is 212 g/mol. The molecule has 2 N–H and O–H groups in total. The third-order valence-electron chi connectivity index (χ3n) is 2.47. The number of anilines is 1. The molecule has 0 amide bonds. The number of benzene rings is 1. The van der Waals surface area contributed by atoms with Crippen molar-refractivity contribution in [3.8, 4) is 11.8 Å². The van der Waals surface area contributed by atoms with Crippen LogP contribution in [0.4, 0.5) is 5.82 Å². The molecule has 0 saturated heterocycles. The van der Waals surface area contributed by atoms with E-state index >= 15 is 0 Å². The van der Waals surface area contributed by atoms with E-state index in [9.17, 15) is 4.79 Å². The summed E-state index contributed by atoms with van der Waals surface area (Å²) in [6, 6.07) is 9.21. The largest absolute Gasteiger partial charge is 0.385 e. The molecule has 80 valence electrons. The molecule has 0 unspecified atom stereocenters. The maximum atomic E-state index is 12.1. The summed E-state index contributed by atoms with van der Waals surface area (Å²) in [7, 11) is 0. The first-order chi connectivity index (χ1) is 7.74. The van der Waals surface area contributed by atoms with E-state index in [0.717, 1.165) is 5.39 Å². The van der Waals surface area contributed by atoms with Gasteiger partial charge < -0.3 is 5.73 Å². The Balaban J connectivity index is 2.74. The first-order valence-electron chi connectivity index (χ1n) is 5.01. The summed E-state index contributed by atoms with van der Waals surface area (Å²) >= 11 is 0. The molecule has 16 heavy (non-hydrogen) atoms. The highest BCUT2D eigenvalue weighted by Crippen LogP contribution is 2.12. The van der Waals surface area contributed by atoms with Gasteiger partial charge in [-0.25, -0.2) is 0 Å². The fourth-order valence-electron chi connectivity index (χ4n) is 1.64. The normalized spacial score (nSPS) is 9.81. The minimum Gasteiger partial charge on any atom is -0.385 e.